The van der Waals surface area contributed by atoms with Gasteiger partial charge in [-0.3, -0.25) is 14.5 Å². The third-order valence-electron chi connectivity index (χ3n) is 3.72. The van der Waals surface area contributed by atoms with E-state index >= 15 is 0 Å². The Balaban J connectivity index is 2.55. The highest BCUT2D eigenvalue weighted by atomic mass is 16.2. The summed E-state index contributed by atoms with van der Waals surface area (Å²) in [6, 6.07) is 3.97. The van der Waals surface area contributed by atoms with Crippen molar-refractivity contribution in [2.24, 2.45) is 14.1 Å². The van der Waals surface area contributed by atoms with Crippen LogP contribution in [0.25, 0.3) is 11.0 Å². The average Bonchev–Trinajstić information content (AvgIpc) is 2.72. The number of benzene rings is 1. The van der Waals surface area contributed by atoms with Gasteiger partial charge in [0.15, 0.2) is 0 Å². The predicted molar refractivity (Wildman–Crippen MR) is 69.6 cm³/mol. The SMILES string of the molecule is CN1Cc2ccc3c(c2C1)n(C)c(=O)c(=O)n3C. The van der Waals surface area contributed by atoms with Crippen LogP contribution in [0.4, 0.5) is 0 Å². The number of aryl methyl sites for hydroxylation is 2. The zero-order valence-electron chi connectivity index (χ0n) is 10.7. The molecule has 0 atom stereocenters. The van der Waals surface area contributed by atoms with E-state index in [0.29, 0.717) is 0 Å². The molecular weight excluding hydrogens is 230 g/mol. The molecule has 0 spiro atoms. The molecule has 0 saturated carbocycles. The van der Waals surface area contributed by atoms with Crippen molar-refractivity contribution in [2.75, 3.05) is 7.05 Å². The molecule has 0 bridgehead atoms. The number of hydrogen-bond acceptors (Lipinski definition) is 3. The Morgan fingerprint density at radius 3 is 2.33 bits per heavy atom. The lowest BCUT2D eigenvalue weighted by Crippen LogP contribution is -2.39. The molecule has 2 heterocycles. The maximum Gasteiger partial charge on any atom is 0.316 e. The van der Waals surface area contributed by atoms with Gasteiger partial charge < -0.3 is 9.13 Å². The van der Waals surface area contributed by atoms with E-state index in [1.165, 1.54) is 14.7 Å². The van der Waals surface area contributed by atoms with Crippen LogP contribution in [0.2, 0.25) is 0 Å². The van der Waals surface area contributed by atoms with Crippen LogP contribution < -0.4 is 11.1 Å². The molecule has 1 aliphatic rings. The summed E-state index contributed by atoms with van der Waals surface area (Å²) in [7, 11) is 5.37. The predicted octanol–water partition coefficient (Wildman–Crippen LogP) is 0.183. The first-order valence-electron chi connectivity index (χ1n) is 5.89. The topological polar surface area (TPSA) is 47.2 Å². The van der Waals surface area contributed by atoms with E-state index in [1.807, 2.05) is 19.2 Å². The monoisotopic (exact) mass is 245 g/mol. The molecule has 0 amide bonds. The van der Waals surface area contributed by atoms with Crippen molar-refractivity contribution >= 4 is 11.0 Å². The van der Waals surface area contributed by atoms with Crippen molar-refractivity contribution in [1.82, 2.24) is 14.0 Å². The highest BCUT2D eigenvalue weighted by Crippen LogP contribution is 2.27. The minimum Gasteiger partial charge on any atom is -0.305 e. The Morgan fingerprint density at radius 2 is 1.61 bits per heavy atom. The first-order chi connectivity index (χ1) is 8.50. The maximum atomic E-state index is 11.9. The molecule has 1 aromatic heterocycles. The van der Waals surface area contributed by atoms with Gasteiger partial charge in [-0.2, -0.15) is 0 Å². The van der Waals surface area contributed by atoms with Gasteiger partial charge in [0.25, 0.3) is 0 Å². The van der Waals surface area contributed by atoms with Crippen LogP contribution in [0.1, 0.15) is 11.1 Å². The fraction of sp³-hybridized carbons (Fsp3) is 0.385. The minimum absolute atomic E-state index is 0.465. The molecule has 3 rings (SSSR count). The van der Waals surface area contributed by atoms with Gasteiger partial charge in [-0.15, -0.1) is 0 Å². The second kappa shape index (κ2) is 3.55. The number of hydrogen-bond donors (Lipinski definition) is 0. The lowest BCUT2D eigenvalue weighted by molar-refractivity contribution is 0.353. The van der Waals surface area contributed by atoms with E-state index < -0.39 is 11.1 Å². The molecule has 0 unspecified atom stereocenters. The molecule has 94 valence electrons. The Kier molecular flexibility index (Phi) is 2.22. The van der Waals surface area contributed by atoms with Crippen molar-refractivity contribution in [3.63, 3.8) is 0 Å². The van der Waals surface area contributed by atoms with E-state index in [1.54, 1.807) is 14.1 Å². The third-order valence-corrected chi connectivity index (χ3v) is 3.72. The highest BCUT2D eigenvalue weighted by molar-refractivity contribution is 5.80. The summed E-state index contributed by atoms with van der Waals surface area (Å²) in [5, 5.41) is 0. The lowest BCUT2D eigenvalue weighted by atomic mass is 10.1. The van der Waals surface area contributed by atoms with Crippen LogP contribution in [0.5, 0.6) is 0 Å². The number of rotatable bonds is 0. The van der Waals surface area contributed by atoms with E-state index in [0.717, 1.165) is 29.7 Å². The summed E-state index contributed by atoms with van der Waals surface area (Å²) in [5.74, 6) is 0. The summed E-state index contributed by atoms with van der Waals surface area (Å²) in [6.07, 6.45) is 0. The zero-order valence-corrected chi connectivity index (χ0v) is 10.7. The van der Waals surface area contributed by atoms with E-state index in [-0.39, 0.29) is 0 Å². The van der Waals surface area contributed by atoms with Crippen molar-refractivity contribution in [1.29, 1.82) is 0 Å². The van der Waals surface area contributed by atoms with Crippen LogP contribution >= 0.6 is 0 Å². The smallest absolute Gasteiger partial charge is 0.305 e. The largest absolute Gasteiger partial charge is 0.316 e. The number of fused-ring (bicyclic) bond motifs is 3. The molecule has 0 N–H and O–H groups in total. The summed E-state index contributed by atoms with van der Waals surface area (Å²) in [4.78, 5) is 25.9. The second-order valence-electron chi connectivity index (χ2n) is 4.97. The van der Waals surface area contributed by atoms with Crippen LogP contribution in [0.15, 0.2) is 21.7 Å². The summed E-state index contributed by atoms with van der Waals surface area (Å²) in [6.45, 7) is 1.71. The first kappa shape index (κ1) is 11.2. The molecular formula is C13H15N3O2. The molecule has 1 aliphatic heterocycles. The lowest BCUT2D eigenvalue weighted by Gasteiger charge is -2.12. The fourth-order valence-electron chi connectivity index (χ4n) is 2.75. The number of aromatic nitrogens is 2. The van der Waals surface area contributed by atoms with Crippen molar-refractivity contribution in [3.8, 4) is 0 Å². The van der Waals surface area contributed by atoms with Crippen LogP contribution in [0, 0.1) is 0 Å². The van der Waals surface area contributed by atoms with Gasteiger partial charge in [-0.25, -0.2) is 0 Å². The van der Waals surface area contributed by atoms with E-state index in [4.69, 9.17) is 0 Å². The van der Waals surface area contributed by atoms with Gasteiger partial charge in [0.1, 0.15) is 0 Å². The third kappa shape index (κ3) is 1.31. The van der Waals surface area contributed by atoms with E-state index in [2.05, 4.69) is 4.90 Å². The van der Waals surface area contributed by atoms with Crippen molar-refractivity contribution in [3.05, 3.63) is 44.0 Å². The molecule has 0 saturated heterocycles. The maximum absolute atomic E-state index is 11.9. The fourth-order valence-corrected chi connectivity index (χ4v) is 2.75. The van der Waals surface area contributed by atoms with Gasteiger partial charge in [0, 0.05) is 27.2 Å². The minimum atomic E-state index is -0.476. The molecule has 2 aromatic rings. The van der Waals surface area contributed by atoms with Crippen molar-refractivity contribution in [2.45, 2.75) is 13.1 Å². The highest BCUT2D eigenvalue weighted by Gasteiger charge is 2.21. The Morgan fingerprint density at radius 1 is 0.944 bits per heavy atom. The van der Waals surface area contributed by atoms with Gasteiger partial charge in [-0.1, -0.05) is 6.07 Å². The van der Waals surface area contributed by atoms with Gasteiger partial charge in [0.2, 0.25) is 0 Å². The molecule has 5 heteroatoms. The van der Waals surface area contributed by atoms with Crippen LogP contribution in [-0.4, -0.2) is 21.1 Å². The van der Waals surface area contributed by atoms with Gasteiger partial charge in [0.05, 0.1) is 11.0 Å². The van der Waals surface area contributed by atoms with Crippen LogP contribution in [0.3, 0.4) is 0 Å². The van der Waals surface area contributed by atoms with Gasteiger partial charge >= 0.3 is 11.1 Å². The average molecular weight is 245 g/mol. The Labute approximate surface area is 104 Å². The second-order valence-corrected chi connectivity index (χ2v) is 4.97. The molecule has 0 aliphatic carbocycles. The first-order valence-corrected chi connectivity index (χ1v) is 5.89. The molecule has 5 nitrogen and oxygen atoms in total. The molecule has 0 fully saturated rings. The standard InChI is InChI=1S/C13H15N3O2/c1-14-6-8-4-5-10-11(9(8)7-14)16(3)13(18)12(17)15(10)2/h4-5H,6-7H2,1-3H3. The quantitative estimate of drug-likeness (QED) is 0.622. The summed E-state index contributed by atoms with van der Waals surface area (Å²) >= 11 is 0. The van der Waals surface area contributed by atoms with Crippen molar-refractivity contribution < 1.29 is 0 Å². The number of nitrogens with zero attached hydrogens (tertiary/aromatic N) is 3. The molecule has 1 aromatic carbocycles. The molecule has 0 radical (unpaired) electrons. The Hall–Kier alpha value is -1.88. The Bertz CT molecular complexity index is 770. The summed E-state index contributed by atoms with van der Waals surface area (Å²) in [5.41, 5.74) is 3.15. The van der Waals surface area contributed by atoms with Crippen LogP contribution in [-0.2, 0) is 27.2 Å². The zero-order chi connectivity index (χ0) is 13.0. The van der Waals surface area contributed by atoms with E-state index in [9.17, 15) is 9.59 Å². The summed E-state index contributed by atoms with van der Waals surface area (Å²) < 4.78 is 2.92. The molecule has 18 heavy (non-hydrogen) atoms. The van der Waals surface area contributed by atoms with Gasteiger partial charge in [-0.05, 0) is 24.2 Å². The normalized spacial score (nSPS) is 15.3.